The molecular weight excluding hydrogens is 251 g/mol. The highest BCUT2D eigenvalue weighted by atomic mass is 35.5. The highest BCUT2D eigenvalue weighted by molar-refractivity contribution is 6.42. The van der Waals surface area contributed by atoms with Gasteiger partial charge >= 0.3 is 0 Å². The Hall–Kier alpha value is -0.840. The summed E-state index contributed by atoms with van der Waals surface area (Å²) >= 11 is 11.6. The first-order valence-corrected chi connectivity index (χ1v) is 5.59. The number of carbonyl (C=O) groups is 1. The summed E-state index contributed by atoms with van der Waals surface area (Å²) in [5.74, 6) is 0.407. The topological polar surface area (TPSA) is 53.4 Å². The predicted molar refractivity (Wildman–Crippen MR) is 61.8 cm³/mol. The molecule has 86 valence electrons. The summed E-state index contributed by atoms with van der Waals surface area (Å²) in [6.07, 6.45) is 1.76. The Bertz CT molecular complexity index is 425. The first kappa shape index (κ1) is 11.6. The number of nitrogens with zero attached hydrogens (tertiary/aromatic N) is 2. The molecule has 1 aliphatic heterocycles. The third-order valence-electron chi connectivity index (χ3n) is 2.53. The molecule has 0 aliphatic carbocycles. The summed E-state index contributed by atoms with van der Waals surface area (Å²) < 4.78 is 0. The lowest BCUT2D eigenvalue weighted by molar-refractivity contribution is -0.117. The van der Waals surface area contributed by atoms with Crippen molar-refractivity contribution in [2.75, 3.05) is 18.1 Å². The largest absolute Gasteiger partial charge is 0.396 e. The van der Waals surface area contributed by atoms with Gasteiger partial charge in [0.05, 0.1) is 10.0 Å². The van der Waals surface area contributed by atoms with Gasteiger partial charge in [-0.1, -0.05) is 23.2 Å². The van der Waals surface area contributed by atoms with Crippen molar-refractivity contribution in [1.82, 2.24) is 4.98 Å². The first-order valence-electron chi connectivity index (χ1n) is 4.84. The first-order chi connectivity index (χ1) is 7.61. The minimum absolute atomic E-state index is 0.00353. The number of carbonyl (C=O) groups excluding carboxylic acids is 1. The lowest BCUT2D eigenvalue weighted by atomic mass is 10.1. The van der Waals surface area contributed by atoms with Crippen LogP contribution in [0.25, 0.3) is 0 Å². The number of hydrogen-bond acceptors (Lipinski definition) is 3. The van der Waals surface area contributed by atoms with E-state index in [0.717, 1.165) is 0 Å². The molecule has 1 atom stereocenters. The summed E-state index contributed by atoms with van der Waals surface area (Å²) in [5, 5.41) is 9.73. The van der Waals surface area contributed by atoms with Crippen molar-refractivity contribution in [3.63, 3.8) is 0 Å². The van der Waals surface area contributed by atoms with Crippen molar-refractivity contribution in [3.8, 4) is 0 Å². The Kier molecular flexibility index (Phi) is 3.33. The van der Waals surface area contributed by atoms with E-state index in [4.69, 9.17) is 28.3 Å². The molecule has 0 bridgehead atoms. The van der Waals surface area contributed by atoms with Crippen molar-refractivity contribution >= 4 is 34.9 Å². The van der Waals surface area contributed by atoms with Gasteiger partial charge in [-0.25, -0.2) is 4.98 Å². The Morgan fingerprint density at radius 2 is 2.25 bits per heavy atom. The Morgan fingerprint density at radius 1 is 1.50 bits per heavy atom. The van der Waals surface area contributed by atoms with Crippen LogP contribution in [0.3, 0.4) is 0 Å². The maximum Gasteiger partial charge on any atom is 0.228 e. The van der Waals surface area contributed by atoms with E-state index >= 15 is 0 Å². The van der Waals surface area contributed by atoms with Crippen LogP contribution in [0.4, 0.5) is 5.82 Å². The Labute approximate surface area is 103 Å². The molecule has 0 aromatic carbocycles. The fraction of sp³-hybridized carbons (Fsp3) is 0.400. The molecular formula is C10H10Cl2N2O2. The zero-order valence-electron chi connectivity index (χ0n) is 8.36. The molecule has 16 heavy (non-hydrogen) atoms. The van der Waals surface area contributed by atoms with Crippen LogP contribution in [0.5, 0.6) is 0 Å². The molecule has 2 heterocycles. The van der Waals surface area contributed by atoms with Gasteiger partial charge in [-0.2, -0.15) is 0 Å². The third kappa shape index (κ3) is 2.14. The molecule has 6 heteroatoms. The van der Waals surface area contributed by atoms with Gasteiger partial charge in [0.1, 0.15) is 5.82 Å². The van der Waals surface area contributed by atoms with E-state index in [1.807, 2.05) is 0 Å². The number of anilines is 1. The van der Waals surface area contributed by atoms with Gasteiger partial charge in [-0.15, -0.1) is 0 Å². The zero-order chi connectivity index (χ0) is 11.7. The predicted octanol–water partition coefficient (Wildman–Crippen LogP) is 1.73. The number of aromatic nitrogens is 1. The summed E-state index contributed by atoms with van der Waals surface area (Å²) in [6, 6.07) is 1.56. The normalized spacial score (nSPS) is 20.6. The molecule has 0 spiro atoms. The highest BCUT2D eigenvalue weighted by Gasteiger charge is 2.30. The number of aliphatic hydroxyl groups is 1. The molecule has 2 rings (SSSR count). The summed E-state index contributed by atoms with van der Waals surface area (Å²) in [4.78, 5) is 17.2. The van der Waals surface area contributed by atoms with Crippen LogP contribution in [-0.4, -0.2) is 29.1 Å². The van der Waals surface area contributed by atoms with Crippen molar-refractivity contribution in [3.05, 3.63) is 22.3 Å². The molecule has 1 unspecified atom stereocenters. The summed E-state index contributed by atoms with van der Waals surface area (Å²) in [7, 11) is 0. The van der Waals surface area contributed by atoms with Crippen molar-refractivity contribution in [2.24, 2.45) is 5.92 Å². The maximum atomic E-state index is 11.6. The second-order valence-corrected chi connectivity index (χ2v) is 4.53. The smallest absolute Gasteiger partial charge is 0.228 e. The lowest BCUT2D eigenvalue weighted by Crippen LogP contribution is -2.25. The number of amides is 1. The Morgan fingerprint density at radius 3 is 2.81 bits per heavy atom. The fourth-order valence-electron chi connectivity index (χ4n) is 1.68. The quantitative estimate of drug-likeness (QED) is 0.882. The summed E-state index contributed by atoms with van der Waals surface area (Å²) in [6.45, 7) is 0.476. The molecule has 1 amide bonds. The average molecular weight is 261 g/mol. The van der Waals surface area contributed by atoms with Gasteiger partial charge in [0.15, 0.2) is 0 Å². The summed E-state index contributed by atoms with van der Waals surface area (Å²) in [5.41, 5.74) is 0. The van der Waals surface area contributed by atoms with E-state index in [2.05, 4.69) is 4.98 Å². The van der Waals surface area contributed by atoms with Crippen molar-refractivity contribution in [1.29, 1.82) is 0 Å². The number of rotatable bonds is 2. The fourth-order valence-corrected chi connectivity index (χ4v) is 1.93. The van der Waals surface area contributed by atoms with Crippen molar-refractivity contribution < 1.29 is 9.90 Å². The molecule has 1 aromatic heterocycles. The molecule has 4 nitrogen and oxygen atoms in total. The lowest BCUT2D eigenvalue weighted by Gasteiger charge is -2.15. The van der Waals surface area contributed by atoms with Crippen LogP contribution in [0.1, 0.15) is 6.42 Å². The van der Waals surface area contributed by atoms with Gasteiger partial charge in [0.25, 0.3) is 0 Å². The van der Waals surface area contributed by atoms with Crippen molar-refractivity contribution in [2.45, 2.75) is 6.42 Å². The van der Waals surface area contributed by atoms with Gasteiger partial charge in [-0.3, -0.25) is 9.69 Å². The minimum atomic E-state index is -0.0510. The highest BCUT2D eigenvalue weighted by Crippen LogP contribution is 2.28. The molecule has 1 aromatic rings. The number of hydrogen-bond donors (Lipinski definition) is 1. The van der Waals surface area contributed by atoms with Gasteiger partial charge < -0.3 is 5.11 Å². The second kappa shape index (κ2) is 4.57. The molecule has 1 fully saturated rings. The number of aliphatic hydroxyl groups excluding tert-OH is 1. The van der Waals surface area contributed by atoms with Gasteiger partial charge in [0, 0.05) is 37.8 Å². The van der Waals surface area contributed by atoms with E-state index in [-0.39, 0.29) is 18.4 Å². The van der Waals surface area contributed by atoms with Crippen LogP contribution < -0.4 is 4.90 Å². The second-order valence-electron chi connectivity index (χ2n) is 3.71. The van der Waals surface area contributed by atoms with E-state index in [1.165, 1.54) is 11.1 Å². The molecule has 1 N–H and O–H groups in total. The monoisotopic (exact) mass is 260 g/mol. The number of pyridine rings is 1. The molecule has 1 aliphatic rings. The van der Waals surface area contributed by atoms with E-state index in [9.17, 15) is 4.79 Å². The maximum absolute atomic E-state index is 11.6. The van der Waals surface area contributed by atoms with Crippen LogP contribution in [0.2, 0.25) is 10.0 Å². The Balaban J connectivity index is 2.24. The minimum Gasteiger partial charge on any atom is -0.396 e. The zero-order valence-corrected chi connectivity index (χ0v) is 9.87. The van der Waals surface area contributed by atoms with Crippen LogP contribution in [0.15, 0.2) is 12.3 Å². The molecule has 1 saturated heterocycles. The van der Waals surface area contributed by atoms with Gasteiger partial charge in [-0.05, 0) is 0 Å². The average Bonchev–Trinajstić information content (AvgIpc) is 2.64. The SMILES string of the molecule is O=C1CC(CO)CN1c1cc(Cl)c(Cl)cn1. The van der Waals surface area contributed by atoms with Crippen LogP contribution >= 0.6 is 23.2 Å². The van der Waals surface area contributed by atoms with E-state index in [1.54, 1.807) is 6.07 Å². The number of halogens is 2. The third-order valence-corrected chi connectivity index (χ3v) is 3.24. The van der Waals surface area contributed by atoms with Crippen LogP contribution in [0, 0.1) is 5.92 Å². The molecule has 0 saturated carbocycles. The van der Waals surface area contributed by atoms with E-state index in [0.29, 0.717) is 28.8 Å². The van der Waals surface area contributed by atoms with Gasteiger partial charge in [0.2, 0.25) is 5.91 Å². The van der Waals surface area contributed by atoms with E-state index < -0.39 is 0 Å². The molecule has 0 radical (unpaired) electrons. The standard InChI is InChI=1S/C10H10Cl2N2O2/c11-7-2-9(13-3-8(7)12)14-4-6(5-15)1-10(14)16/h2-3,6,15H,1,4-5H2. The van der Waals surface area contributed by atoms with Crippen LogP contribution in [-0.2, 0) is 4.79 Å².